The lowest BCUT2D eigenvalue weighted by Gasteiger charge is -2.29. The Labute approximate surface area is 220 Å². The summed E-state index contributed by atoms with van der Waals surface area (Å²) in [5, 5.41) is 0. The lowest BCUT2D eigenvalue weighted by Crippen LogP contribution is -2.40. The first-order valence-electron chi connectivity index (χ1n) is 11.7. The van der Waals surface area contributed by atoms with Gasteiger partial charge in [-0.3, -0.25) is 4.79 Å². The fraction of sp³-hybridized carbons (Fsp3) is 0.440. The highest BCUT2D eigenvalue weighted by Crippen LogP contribution is 2.33. The summed E-state index contributed by atoms with van der Waals surface area (Å²) in [6.07, 6.45) is 2.94. The Bertz CT molecular complexity index is 1400. The fourth-order valence-electron chi connectivity index (χ4n) is 4.27. The van der Waals surface area contributed by atoms with Crippen LogP contribution in [0.1, 0.15) is 18.4 Å². The van der Waals surface area contributed by atoms with Gasteiger partial charge in [0.2, 0.25) is 10.0 Å². The smallest absolute Gasteiger partial charge is 0.251 e. The normalized spacial score (nSPS) is 15.9. The summed E-state index contributed by atoms with van der Waals surface area (Å²) in [5.74, 6) is 1.61. The number of sulfonamides is 1. The van der Waals surface area contributed by atoms with Crippen LogP contribution in [0.3, 0.4) is 0 Å². The molecule has 1 fully saturated rings. The Kier molecular flexibility index (Phi) is 8.44. The van der Waals surface area contributed by atoms with E-state index in [1.54, 1.807) is 50.2 Å². The van der Waals surface area contributed by atoms with Crippen molar-refractivity contribution in [2.45, 2.75) is 31.2 Å². The van der Waals surface area contributed by atoms with E-state index in [1.807, 2.05) is 29.9 Å². The number of carbonyl (C=O) groups excluding carboxylic acids is 1. The maximum Gasteiger partial charge on any atom is 0.251 e. The number of hydrogen-bond acceptors (Lipinski definition) is 7. The van der Waals surface area contributed by atoms with Crippen molar-refractivity contribution in [3.05, 3.63) is 46.8 Å². The van der Waals surface area contributed by atoms with Crippen molar-refractivity contribution in [1.82, 2.24) is 8.87 Å². The van der Waals surface area contributed by atoms with Crippen LogP contribution in [-0.4, -0.2) is 62.5 Å². The van der Waals surface area contributed by atoms with E-state index in [0.29, 0.717) is 48.8 Å². The molecule has 11 heteroatoms. The average molecular weight is 550 g/mol. The second kappa shape index (κ2) is 11.4. The number of amides is 1. The molecule has 8 nitrogen and oxygen atoms in total. The number of methoxy groups -OCH3 is 2. The highest BCUT2D eigenvalue weighted by atomic mass is 32.2. The van der Waals surface area contributed by atoms with Crippen molar-refractivity contribution >= 4 is 49.2 Å². The van der Waals surface area contributed by atoms with Crippen LogP contribution in [0.15, 0.2) is 46.3 Å². The molecule has 0 saturated carbocycles. The third-order valence-electron chi connectivity index (χ3n) is 6.37. The minimum Gasteiger partial charge on any atom is -0.493 e. The summed E-state index contributed by atoms with van der Waals surface area (Å²) in [5.41, 5.74) is 1.95. The molecule has 0 radical (unpaired) electrons. The van der Waals surface area contributed by atoms with Gasteiger partial charge in [0.15, 0.2) is 16.3 Å². The predicted octanol–water partition coefficient (Wildman–Crippen LogP) is 3.92. The molecule has 0 spiro atoms. The number of thioether (sulfide) groups is 1. The molecule has 0 unspecified atom stereocenters. The molecule has 1 aromatic heterocycles. The molecule has 0 N–H and O–H groups in total. The van der Waals surface area contributed by atoms with Gasteiger partial charge in [0.05, 0.1) is 29.3 Å². The first-order chi connectivity index (χ1) is 17.3. The van der Waals surface area contributed by atoms with Crippen molar-refractivity contribution in [2.75, 3.05) is 39.3 Å². The van der Waals surface area contributed by atoms with Crippen molar-refractivity contribution < 1.29 is 22.7 Å². The minimum atomic E-state index is -3.57. The van der Waals surface area contributed by atoms with Crippen molar-refractivity contribution in [2.24, 2.45) is 10.9 Å². The van der Waals surface area contributed by atoms with E-state index in [4.69, 9.17) is 9.47 Å². The van der Waals surface area contributed by atoms with E-state index in [-0.39, 0.29) is 16.7 Å². The summed E-state index contributed by atoms with van der Waals surface area (Å²) < 4.78 is 41.4. The van der Waals surface area contributed by atoms with Crippen molar-refractivity contribution in [1.29, 1.82) is 0 Å². The highest BCUT2D eigenvalue weighted by molar-refractivity contribution is 7.98. The molecule has 3 aromatic rings. The number of piperidine rings is 1. The number of carbonyl (C=O) groups is 1. The lowest BCUT2D eigenvalue weighted by atomic mass is 9.98. The van der Waals surface area contributed by atoms with E-state index in [2.05, 4.69) is 4.99 Å². The van der Waals surface area contributed by atoms with E-state index >= 15 is 0 Å². The zero-order valence-corrected chi connectivity index (χ0v) is 23.3. The largest absolute Gasteiger partial charge is 0.493 e. The maximum absolute atomic E-state index is 13.2. The van der Waals surface area contributed by atoms with Crippen LogP contribution in [0.25, 0.3) is 10.2 Å². The fourth-order valence-corrected chi connectivity index (χ4v) is 7.18. The second-order valence-electron chi connectivity index (χ2n) is 8.65. The molecular weight excluding hydrogens is 518 g/mol. The summed E-state index contributed by atoms with van der Waals surface area (Å²) in [7, 11) is -0.375. The summed E-state index contributed by atoms with van der Waals surface area (Å²) in [6.45, 7) is 3.23. The molecule has 194 valence electrons. The molecule has 1 amide bonds. The van der Waals surface area contributed by atoms with E-state index in [0.717, 1.165) is 21.5 Å². The average Bonchev–Trinajstić information content (AvgIpc) is 3.22. The van der Waals surface area contributed by atoms with Crippen LogP contribution >= 0.6 is 23.1 Å². The Balaban J connectivity index is 1.57. The van der Waals surface area contributed by atoms with Gasteiger partial charge in [0.25, 0.3) is 5.91 Å². The predicted molar refractivity (Wildman–Crippen MR) is 145 cm³/mol. The van der Waals surface area contributed by atoms with Crippen LogP contribution in [-0.2, 0) is 21.4 Å². The maximum atomic E-state index is 13.2. The molecule has 1 aliphatic heterocycles. The van der Waals surface area contributed by atoms with Gasteiger partial charge in [-0.15, -0.1) is 0 Å². The molecule has 1 aliphatic rings. The summed E-state index contributed by atoms with van der Waals surface area (Å²) in [4.78, 5) is 18.6. The highest BCUT2D eigenvalue weighted by Gasteiger charge is 2.32. The van der Waals surface area contributed by atoms with Gasteiger partial charge in [-0.2, -0.15) is 21.1 Å². The number of nitrogens with zero attached hydrogens (tertiary/aromatic N) is 3. The lowest BCUT2D eigenvalue weighted by molar-refractivity contribution is -0.122. The SMILES string of the molecule is COc1cc2sc(=NC(=O)C3CCN(S(=O)(=O)c4ccc(C)cc4)CC3)n(CCSC)c2cc1OC. The number of benzene rings is 2. The van der Waals surface area contributed by atoms with Crippen molar-refractivity contribution in [3.63, 3.8) is 0 Å². The van der Waals surface area contributed by atoms with Gasteiger partial charge in [-0.1, -0.05) is 29.0 Å². The van der Waals surface area contributed by atoms with Gasteiger partial charge in [0.1, 0.15) is 0 Å². The number of aryl methyl sites for hydroxylation is 2. The Hall–Kier alpha value is -2.34. The zero-order valence-electron chi connectivity index (χ0n) is 20.9. The molecule has 2 aromatic carbocycles. The van der Waals surface area contributed by atoms with Crippen LogP contribution < -0.4 is 14.3 Å². The number of rotatable bonds is 8. The molecule has 2 heterocycles. The first kappa shape index (κ1) is 26.7. The minimum absolute atomic E-state index is 0.203. The number of aromatic nitrogens is 1. The van der Waals surface area contributed by atoms with Crippen LogP contribution in [0.2, 0.25) is 0 Å². The molecule has 0 atom stereocenters. The van der Waals surface area contributed by atoms with Crippen LogP contribution in [0, 0.1) is 12.8 Å². The number of fused-ring (bicyclic) bond motifs is 1. The standard InChI is InChI=1S/C25H31N3O5S3/c1-17-5-7-19(8-6-17)36(30,31)27-11-9-18(10-12-27)24(29)26-25-28(13-14-34-4)20-15-21(32-2)22(33-3)16-23(20)35-25/h5-8,15-16,18H,9-14H2,1-4H3. The monoisotopic (exact) mass is 549 g/mol. The quantitative estimate of drug-likeness (QED) is 0.423. The Morgan fingerprint density at radius 2 is 1.75 bits per heavy atom. The van der Waals surface area contributed by atoms with E-state index in [1.165, 1.54) is 15.6 Å². The summed E-state index contributed by atoms with van der Waals surface area (Å²) >= 11 is 3.16. The third kappa shape index (κ3) is 5.49. The Morgan fingerprint density at radius 3 is 2.36 bits per heavy atom. The van der Waals surface area contributed by atoms with Crippen LogP contribution in [0.4, 0.5) is 0 Å². The second-order valence-corrected chi connectivity index (χ2v) is 12.6. The van der Waals surface area contributed by atoms with Gasteiger partial charge < -0.3 is 14.0 Å². The molecular formula is C25H31N3O5S3. The first-order valence-corrected chi connectivity index (χ1v) is 15.3. The molecule has 4 rings (SSSR count). The Morgan fingerprint density at radius 1 is 1.11 bits per heavy atom. The zero-order chi connectivity index (χ0) is 25.9. The number of hydrogen-bond donors (Lipinski definition) is 0. The number of thiazole rings is 1. The van der Waals surface area contributed by atoms with Gasteiger partial charge in [0, 0.05) is 43.4 Å². The third-order valence-corrected chi connectivity index (χ3v) is 9.92. The molecule has 0 aliphatic carbocycles. The molecule has 1 saturated heterocycles. The van der Waals surface area contributed by atoms with Gasteiger partial charge in [-0.25, -0.2) is 8.42 Å². The summed E-state index contributed by atoms with van der Waals surface area (Å²) in [6, 6.07) is 10.7. The number of ether oxygens (including phenoxy) is 2. The van der Waals surface area contributed by atoms with E-state index in [9.17, 15) is 13.2 Å². The van der Waals surface area contributed by atoms with Gasteiger partial charge in [-0.05, 0) is 38.2 Å². The van der Waals surface area contributed by atoms with Gasteiger partial charge >= 0.3 is 0 Å². The molecule has 0 bridgehead atoms. The van der Waals surface area contributed by atoms with Crippen molar-refractivity contribution in [3.8, 4) is 11.5 Å². The molecule has 36 heavy (non-hydrogen) atoms. The van der Waals surface area contributed by atoms with E-state index < -0.39 is 10.0 Å². The van der Waals surface area contributed by atoms with Crippen LogP contribution in [0.5, 0.6) is 11.5 Å². The topological polar surface area (TPSA) is 90.2 Å².